The molecule has 0 bridgehead atoms. The highest BCUT2D eigenvalue weighted by Crippen LogP contribution is 2.29. The van der Waals surface area contributed by atoms with E-state index in [4.69, 9.17) is 9.97 Å². The van der Waals surface area contributed by atoms with Gasteiger partial charge in [0, 0.05) is 59.1 Å². The number of hydrogen-bond acceptors (Lipinski definition) is 6. The second kappa shape index (κ2) is 11.9. The quantitative estimate of drug-likeness (QED) is 0.237. The topological polar surface area (TPSA) is 90.5 Å². The Hall–Kier alpha value is -5.08. The smallest absolute Gasteiger partial charge is 0.255 e. The van der Waals surface area contributed by atoms with Crippen LogP contribution in [0.2, 0.25) is 0 Å². The number of nitrogens with zero attached hydrogens (tertiary/aromatic N) is 4. The molecule has 1 aromatic heterocycles. The molecular formula is C36H34N6O2. The number of aryl methyl sites for hydroxylation is 1. The summed E-state index contributed by atoms with van der Waals surface area (Å²) in [5.41, 5.74) is 6.12. The summed E-state index contributed by atoms with van der Waals surface area (Å²) < 4.78 is 0. The van der Waals surface area contributed by atoms with Crippen LogP contribution < -0.4 is 10.6 Å². The predicted molar refractivity (Wildman–Crippen MR) is 174 cm³/mol. The van der Waals surface area contributed by atoms with E-state index in [0.717, 1.165) is 66.0 Å². The molecule has 3 heterocycles. The minimum atomic E-state index is -0.239. The highest BCUT2D eigenvalue weighted by atomic mass is 16.2. The largest absolute Gasteiger partial charge is 0.336 e. The molecule has 0 unspecified atom stereocenters. The second-order valence-electron chi connectivity index (χ2n) is 11.5. The van der Waals surface area contributed by atoms with Crippen molar-refractivity contribution in [2.75, 3.05) is 36.8 Å². The van der Waals surface area contributed by atoms with E-state index in [2.05, 4.69) is 15.5 Å². The van der Waals surface area contributed by atoms with Gasteiger partial charge < -0.3 is 15.5 Å². The molecule has 220 valence electrons. The number of benzene rings is 4. The Morgan fingerprint density at radius 1 is 0.818 bits per heavy atom. The van der Waals surface area contributed by atoms with Gasteiger partial charge in [0.1, 0.15) is 0 Å². The average Bonchev–Trinajstić information content (AvgIpc) is 3.54. The number of anilines is 3. The number of aromatic nitrogens is 2. The average molecular weight is 583 g/mol. The molecule has 5 aromatic rings. The third-order valence-corrected chi connectivity index (χ3v) is 8.66. The number of carbonyl (C=O) groups excluding carboxylic acids is 2. The van der Waals surface area contributed by atoms with Crippen molar-refractivity contribution in [2.24, 2.45) is 0 Å². The summed E-state index contributed by atoms with van der Waals surface area (Å²) in [7, 11) is 0. The molecule has 2 saturated heterocycles. The van der Waals surface area contributed by atoms with Gasteiger partial charge in [0.25, 0.3) is 11.8 Å². The monoisotopic (exact) mass is 582 g/mol. The van der Waals surface area contributed by atoms with E-state index >= 15 is 0 Å². The number of carbonyl (C=O) groups is 2. The van der Waals surface area contributed by atoms with Crippen molar-refractivity contribution in [3.63, 3.8) is 0 Å². The van der Waals surface area contributed by atoms with Gasteiger partial charge in [0.05, 0.1) is 11.2 Å². The molecule has 0 radical (unpaired) electrons. The van der Waals surface area contributed by atoms with E-state index in [1.807, 2.05) is 90.7 Å². The zero-order chi connectivity index (χ0) is 30.0. The van der Waals surface area contributed by atoms with Gasteiger partial charge >= 0.3 is 0 Å². The van der Waals surface area contributed by atoms with E-state index in [1.54, 1.807) is 18.2 Å². The van der Waals surface area contributed by atoms with Crippen LogP contribution in [0.3, 0.4) is 0 Å². The van der Waals surface area contributed by atoms with Gasteiger partial charge in [-0.2, -0.15) is 0 Å². The molecule has 7 rings (SSSR count). The van der Waals surface area contributed by atoms with Gasteiger partial charge in [-0.3, -0.25) is 14.5 Å². The second-order valence-corrected chi connectivity index (χ2v) is 11.5. The molecule has 0 aliphatic carbocycles. The molecule has 1 atom stereocenters. The highest BCUT2D eigenvalue weighted by Gasteiger charge is 2.32. The lowest BCUT2D eigenvalue weighted by molar-refractivity contribution is 0.0571. The Bertz CT molecular complexity index is 1840. The van der Waals surface area contributed by atoms with Crippen molar-refractivity contribution in [3.8, 4) is 11.3 Å². The summed E-state index contributed by atoms with van der Waals surface area (Å²) in [6.45, 7) is 5.51. The Labute approximate surface area is 256 Å². The number of rotatable bonds is 6. The van der Waals surface area contributed by atoms with E-state index in [9.17, 15) is 9.59 Å². The molecule has 44 heavy (non-hydrogen) atoms. The first kappa shape index (κ1) is 27.7. The minimum absolute atomic E-state index is 0.0220. The van der Waals surface area contributed by atoms with Crippen molar-refractivity contribution in [3.05, 3.63) is 114 Å². The number of hydrogen-bond donors (Lipinski definition) is 2. The number of nitrogens with one attached hydrogen (secondary N) is 2. The first-order chi connectivity index (χ1) is 21.5. The predicted octanol–water partition coefficient (Wildman–Crippen LogP) is 6.52. The summed E-state index contributed by atoms with van der Waals surface area (Å²) >= 11 is 0. The Morgan fingerprint density at radius 2 is 1.59 bits per heavy atom. The summed E-state index contributed by atoms with van der Waals surface area (Å²) in [6.07, 6.45) is 2.36. The third kappa shape index (κ3) is 5.64. The van der Waals surface area contributed by atoms with Crippen LogP contribution in [0.5, 0.6) is 0 Å². The van der Waals surface area contributed by atoms with Crippen LogP contribution in [0.15, 0.2) is 97.1 Å². The Morgan fingerprint density at radius 3 is 2.43 bits per heavy atom. The van der Waals surface area contributed by atoms with E-state index < -0.39 is 0 Å². The molecule has 4 aromatic carbocycles. The van der Waals surface area contributed by atoms with Crippen LogP contribution in [0.25, 0.3) is 22.2 Å². The van der Waals surface area contributed by atoms with Crippen LogP contribution in [-0.4, -0.2) is 63.8 Å². The molecule has 8 heteroatoms. The van der Waals surface area contributed by atoms with E-state index in [-0.39, 0.29) is 11.8 Å². The van der Waals surface area contributed by atoms with Gasteiger partial charge in [-0.25, -0.2) is 9.97 Å². The molecule has 2 aliphatic heterocycles. The van der Waals surface area contributed by atoms with Crippen molar-refractivity contribution >= 4 is 40.0 Å². The number of para-hydroxylation sites is 1. The molecule has 8 nitrogen and oxygen atoms in total. The molecule has 2 fully saturated rings. The van der Waals surface area contributed by atoms with Gasteiger partial charge in [-0.15, -0.1) is 0 Å². The minimum Gasteiger partial charge on any atom is -0.336 e. The molecule has 0 saturated carbocycles. The van der Waals surface area contributed by atoms with Crippen molar-refractivity contribution in [1.82, 2.24) is 19.8 Å². The van der Waals surface area contributed by atoms with Crippen LogP contribution >= 0.6 is 0 Å². The SMILES string of the molecule is Cc1ccc(C(=O)N2CCN3CCC[C@H]3C2)cc1NC(=O)c1ccc(Nc2nc(-c3ccccc3)c3ccccc3n2)cc1. The van der Waals surface area contributed by atoms with E-state index in [0.29, 0.717) is 28.8 Å². The lowest BCUT2D eigenvalue weighted by Gasteiger charge is -2.37. The van der Waals surface area contributed by atoms with Gasteiger partial charge in [-0.1, -0.05) is 54.6 Å². The fourth-order valence-corrected chi connectivity index (χ4v) is 6.22. The first-order valence-electron chi connectivity index (χ1n) is 15.2. The normalized spacial score (nSPS) is 16.5. The maximum absolute atomic E-state index is 13.3. The van der Waals surface area contributed by atoms with Gasteiger partial charge in [0.2, 0.25) is 5.95 Å². The highest BCUT2D eigenvalue weighted by molar-refractivity contribution is 6.06. The van der Waals surface area contributed by atoms with Crippen molar-refractivity contribution in [1.29, 1.82) is 0 Å². The maximum atomic E-state index is 13.3. The molecule has 2 aliphatic rings. The zero-order valence-electron chi connectivity index (χ0n) is 24.7. The Kier molecular flexibility index (Phi) is 7.50. The number of fused-ring (bicyclic) bond motifs is 2. The van der Waals surface area contributed by atoms with Gasteiger partial charge in [-0.05, 0) is 74.3 Å². The number of amides is 2. The van der Waals surface area contributed by atoms with Crippen LogP contribution in [0.4, 0.5) is 17.3 Å². The van der Waals surface area contributed by atoms with E-state index in [1.165, 1.54) is 6.42 Å². The summed E-state index contributed by atoms with van der Waals surface area (Å²) in [5, 5.41) is 7.29. The van der Waals surface area contributed by atoms with Crippen molar-refractivity contribution < 1.29 is 9.59 Å². The molecule has 2 amide bonds. The first-order valence-corrected chi connectivity index (χ1v) is 15.2. The molecular weight excluding hydrogens is 548 g/mol. The lowest BCUT2D eigenvalue weighted by atomic mass is 10.1. The standard InChI is InChI=1S/C36H34N6O2/c1-24-13-14-27(35(44)42-21-20-41-19-7-10-29(41)23-42)22-32(24)38-34(43)26-15-17-28(18-16-26)37-36-39-31-12-6-5-11-30(31)33(40-36)25-8-3-2-4-9-25/h2-6,8-9,11-18,22,29H,7,10,19-21,23H2,1H3,(H,38,43)(H,37,39,40)/t29-/m0/s1. The summed E-state index contributed by atoms with van der Waals surface area (Å²) in [4.78, 5) is 40.6. The fraction of sp³-hybridized carbons (Fsp3) is 0.222. The van der Waals surface area contributed by atoms with Crippen LogP contribution in [0, 0.1) is 6.92 Å². The summed E-state index contributed by atoms with van der Waals surface area (Å²) in [6, 6.07) is 31.2. The fourth-order valence-electron chi connectivity index (χ4n) is 6.22. The molecule has 0 spiro atoms. The zero-order valence-corrected chi connectivity index (χ0v) is 24.7. The Balaban J connectivity index is 1.05. The third-order valence-electron chi connectivity index (χ3n) is 8.66. The maximum Gasteiger partial charge on any atom is 0.255 e. The molecule has 2 N–H and O–H groups in total. The van der Waals surface area contributed by atoms with Crippen LogP contribution in [-0.2, 0) is 0 Å². The van der Waals surface area contributed by atoms with Crippen LogP contribution in [0.1, 0.15) is 39.1 Å². The van der Waals surface area contributed by atoms with Gasteiger partial charge in [0.15, 0.2) is 0 Å². The lowest BCUT2D eigenvalue weighted by Crippen LogP contribution is -2.52. The number of piperazine rings is 1. The van der Waals surface area contributed by atoms with Crippen molar-refractivity contribution in [2.45, 2.75) is 25.8 Å². The summed E-state index contributed by atoms with van der Waals surface area (Å²) in [5.74, 6) is 0.261.